The summed E-state index contributed by atoms with van der Waals surface area (Å²) in [6.45, 7) is 0. The minimum atomic E-state index is -0.440. The fourth-order valence-electron chi connectivity index (χ4n) is 1.74. The third kappa shape index (κ3) is 3.03. The first-order valence-corrected chi connectivity index (χ1v) is 6.12. The average Bonchev–Trinajstić information content (AvgIpc) is 2.42. The van der Waals surface area contributed by atoms with Crippen molar-refractivity contribution in [3.05, 3.63) is 53.6 Å². The Hall–Kier alpha value is -2.21. The molecule has 0 bridgehead atoms. The van der Waals surface area contributed by atoms with Gasteiger partial charge in [-0.3, -0.25) is 0 Å². The van der Waals surface area contributed by atoms with Gasteiger partial charge in [-0.05, 0) is 30.3 Å². The number of rotatable bonds is 4. The summed E-state index contributed by atoms with van der Waals surface area (Å²) in [7, 11) is 1.43. The van der Waals surface area contributed by atoms with Crippen molar-refractivity contribution in [3.8, 4) is 5.75 Å². The van der Waals surface area contributed by atoms with Crippen LogP contribution in [0.25, 0.3) is 0 Å². The van der Waals surface area contributed by atoms with Crippen molar-refractivity contribution in [1.82, 2.24) is 0 Å². The van der Waals surface area contributed by atoms with E-state index in [1.807, 2.05) is 0 Å². The third-order valence-electron chi connectivity index (χ3n) is 2.68. The van der Waals surface area contributed by atoms with Crippen molar-refractivity contribution in [3.63, 3.8) is 0 Å². The molecule has 104 valence electrons. The molecule has 2 aromatic carbocycles. The second kappa shape index (κ2) is 5.83. The Bertz CT molecular complexity index is 662. The highest BCUT2D eigenvalue weighted by Crippen LogP contribution is 2.30. The molecule has 0 amide bonds. The maximum absolute atomic E-state index is 13.2. The molecule has 20 heavy (non-hydrogen) atoms. The van der Waals surface area contributed by atoms with Gasteiger partial charge in [-0.2, -0.15) is 0 Å². The lowest BCUT2D eigenvalue weighted by Crippen LogP contribution is -2.12. The predicted molar refractivity (Wildman–Crippen MR) is 78.5 cm³/mol. The Morgan fingerprint density at radius 1 is 1.10 bits per heavy atom. The van der Waals surface area contributed by atoms with Gasteiger partial charge in [0, 0.05) is 17.3 Å². The topological polar surface area (TPSA) is 47.3 Å². The maximum atomic E-state index is 13.2. The lowest BCUT2D eigenvalue weighted by Gasteiger charge is -2.14. The van der Waals surface area contributed by atoms with Gasteiger partial charge in [0.2, 0.25) is 0 Å². The van der Waals surface area contributed by atoms with E-state index in [0.717, 1.165) is 0 Å². The molecule has 2 aromatic rings. The zero-order valence-corrected chi connectivity index (χ0v) is 11.4. The van der Waals surface area contributed by atoms with E-state index >= 15 is 0 Å². The van der Waals surface area contributed by atoms with E-state index < -0.39 is 11.6 Å². The highest BCUT2D eigenvalue weighted by molar-refractivity contribution is 7.80. The summed E-state index contributed by atoms with van der Waals surface area (Å²) in [6.07, 6.45) is 0. The molecule has 0 spiro atoms. The number of ether oxygens (including phenoxy) is 1. The van der Waals surface area contributed by atoms with Crippen molar-refractivity contribution < 1.29 is 13.5 Å². The largest absolute Gasteiger partial charge is 0.494 e. The molecular formula is C14H12F2N2OS. The van der Waals surface area contributed by atoms with E-state index in [0.29, 0.717) is 22.7 Å². The molecule has 0 aliphatic rings. The molecule has 0 saturated carbocycles. The van der Waals surface area contributed by atoms with Gasteiger partial charge in [-0.1, -0.05) is 12.2 Å². The Morgan fingerprint density at radius 3 is 2.30 bits per heavy atom. The van der Waals surface area contributed by atoms with Crippen LogP contribution in [-0.4, -0.2) is 12.1 Å². The first kappa shape index (κ1) is 14.2. The molecule has 0 heterocycles. The van der Waals surface area contributed by atoms with Gasteiger partial charge in [0.1, 0.15) is 22.4 Å². The number of nitrogens with two attached hydrogens (primary N) is 1. The van der Waals surface area contributed by atoms with Crippen LogP contribution in [0.3, 0.4) is 0 Å². The van der Waals surface area contributed by atoms with E-state index in [9.17, 15) is 8.78 Å². The number of thiocarbonyl (C=S) groups is 1. The second-order valence-corrected chi connectivity index (χ2v) is 4.46. The Kier molecular flexibility index (Phi) is 4.14. The van der Waals surface area contributed by atoms with E-state index in [4.69, 9.17) is 22.7 Å². The Morgan fingerprint density at radius 2 is 1.70 bits per heavy atom. The normalized spacial score (nSPS) is 10.2. The van der Waals surface area contributed by atoms with Crippen LogP contribution in [0.5, 0.6) is 5.75 Å². The summed E-state index contributed by atoms with van der Waals surface area (Å²) >= 11 is 4.89. The molecular weight excluding hydrogens is 282 g/mol. The number of hydrogen-bond acceptors (Lipinski definition) is 3. The summed E-state index contributed by atoms with van der Waals surface area (Å²) in [4.78, 5) is 0.0630. The number of methoxy groups -OCH3 is 1. The van der Waals surface area contributed by atoms with Gasteiger partial charge in [-0.15, -0.1) is 0 Å². The standard InChI is InChI=1S/C14H12F2N2OS/c1-19-13-7-9(16)3-5-12(13)18-11-4-2-8(15)6-10(11)14(17)20/h2-7,18H,1H3,(H2,17,20). The van der Waals surface area contributed by atoms with Crippen molar-refractivity contribution in [2.75, 3.05) is 12.4 Å². The van der Waals surface area contributed by atoms with Crippen LogP contribution >= 0.6 is 12.2 Å². The van der Waals surface area contributed by atoms with E-state index in [1.54, 1.807) is 0 Å². The van der Waals surface area contributed by atoms with E-state index in [-0.39, 0.29) is 4.99 Å². The van der Waals surface area contributed by atoms with Crippen LogP contribution in [0.4, 0.5) is 20.2 Å². The van der Waals surface area contributed by atoms with Crippen LogP contribution in [0.15, 0.2) is 36.4 Å². The zero-order valence-electron chi connectivity index (χ0n) is 10.6. The lowest BCUT2D eigenvalue weighted by atomic mass is 10.1. The molecule has 3 N–H and O–H groups in total. The summed E-state index contributed by atoms with van der Waals surface area (Å²) in [5.74, 6) is -0.534. The predicted octanol–water partition coefficient (Wildman–Crippen LogP) is 3.35. The molecule has 0 unspecified atom stereocenters. The minimum Gasteiger partial charge on any atom is -0.494 e. The van der Waals surface area contributed by atoms with Gasteiger partial charge >= 0.3 is 0 Å². The van der Waals surface area contributed by atoms with Gasteiger partial charge in [0.15, 0.2) is 0 Å². The van der Waals surface area contributed by atoms with Crippen LogP contribution in [-0.2, 0) is 0 Å². The zero-order chi connectivity index (χ0) is 14.7. The van der Waals surface area contributed by atoms with E-state index in [1.165, 1.54) is 43.5 Å². The van der Waals surface area contributed by atoms with Crippen molar-refractivity contribution in [1.29, 1.82) is 0 Å². The van der Waals surface area contributed by atoms with Crippen LogP contribution in [0.2, 0.25) is 0 Å². The van der Waals surface area contributed by atoms with Crippen molar-refractivity contribution >= 4 is 28.6 Å². The van der Waals surface area contributed by atoms with Gasteiger partial charge in [-0.25, -0.2) is 8.78 Å². The molecule has 0 atom stereocenters. The number of hydrogen-bond donors (Lipinski definition) is 2. The Balaban J connectivity index is 2.42. The lowest BCUT2D eigenvalue weighted by molar-refractivity contribution is 0.413. The molecule has 3 nitrogen and oxygen atoms in total. The van der Waals surface area contributed by atoms with Crippen molar-refractivity contribution in [2.24, 2.45) is 5.73 Å². The summed E-state index contributed by atoms with van der Waals surface area (Å²) in [5, 5.41) is 3.00. The van der Waals surface area contributed by atoms with Crippen LogP contribution < -0.4 is 15.8 Å². The number of anilines is 2. The molecule has 0 aliphatic heterocycles. The molecule has 2 rings (SSSR count). The smallest absolute Gasteiger partial charge is 0.145 e. The molecule has 0 aliphatic carbocycles. The first-order chi connectivity index (χ1) is 9.51. The number of benzene rings is 2. The van der Waals surface area contributed by atoms with Gasteiger partial charge in [0.25, 0.3) is 0 Å². The van der Waals surface area contributed by atoms with Gasteiger partial charge < -0.3 is 15.8 Å². The summed E-state index contributed by atoms with van der Waals surface area (Å²) < 4.78 is 31.4. The fraction of sp³-hybridized carbons (Fsp3) is 0.0714. The SMILES string of the molecule is COc1cc(F)ccc1Nc1ccc(F)cc1C(N)=S. The molecule has 0 radical (unpaired) electrons. The third-order valence-corrected chi connectivity index (χ3v) is 2.90. The fourth-order valence-corrected chi connectivity index (χ4v) is 1.91. The average molecular weight is 294 g/mol. The maximum Gasteiger partial charge on any atom is 0.145 e. The summed E-state index contributed by atoms with van der Waals surface area (Å²) in [5.41, 5.74) is 6.98. The first-order valence-electron chi connectivity index (χ1n) is 5.71. The number of halogens is 2. The van der Waals surface area contributed by atoms with Crippen molar-refractivity contribution in [2.45, 2.75) is 0 Å². The Labute approximate surface area is 120 Å². The highest BCUT2D eigenvalue weighted by atomic mass is 32.1. The molecule has 0 aromatic heterocycles. The minimum absolute atomic E-state index is 0.0630. The molecule has 0 saturated heterocycles. The van der Waals surface area contributed by atoms with Gasteiger partial charge in [0.05, 0.1) is 12.8 Å². The quantitative estimate of drug-likeness (QED) is 0.849. The monoisotopic (exact) mass is 294 g/mol. The molecule has 6 heteroatoms. The second-order valence-electron chi connectivity index (χ2n) is 4.02. The van der Waals surface area contributed by atoms with Crippen LogP contribution in [0, 0.1) is 11.6 Å². The molecule has 0 fully saturated rings. The highest BCUT2D eigenvalue weighted by Gasteiger charge is 2.10. The summed E-state index contributed by atoms with van der Waals surface area (Å²) in [6, 6.07) is 8.06. The number of nitrogens with one attached hydrogen (secondary N) is 1. The van der Waals surface area contributed by atoms with Crippen LogP contribution in [0.1, 0.15) is 5.56 Å². The van der Waals surface area contributed by atoms with E-state index in [2.05, 4.69) is 5.32 Å².